The van der Waals surface area contributed by atoms with E-state index in [9.17, 15) is 0 Å². The van der Waals surface area contributed by atoms with Gasteiger partial charge in [0.1, 0.15) is 0 Å². The molecule has 0 fully saturated rings. The number of hydrogen-bond acceptors (Lipinski definition) is 0. The predicted molar refractivity (Wildman–Crippen MR) is 319 cm³/mol. The van der Waals surface area contributed by atoms with Crippen molar-refractivity contribution in [2.75, 3.05) is 0 Å². The minimum absolute atomic E-state index is 0. The van der Waals surface area contributed by atoms with E-state index in [1.165, 1.54) is 116 Å². The Balaban J connectivity index is -0.000000419. The van der Waals surface area contributed by atoms with E-state index in [0.29, 0.717) is 0 Å². The molecule has 0 aromatic heterocycles. The standard InChI is InChI=1S/3C19H43Si2.Cr/c3*1-7-13-20(14-8-2,15-9-3)19-21(16-10-4,17-11-5)18-12-6;/h3*19H,7-18H2,1-6H3;/q3*-1;+3. The first kappa shape index (κ1) is 72.4. The summed E-state index contributed by atoms with van der Waals surface area (Å²) >= 11 is 0. The maximum Gasteiger partial charge on any atom is 3.00 e. The van der Waals surface area contributed by atoms with Crippen LogP contribution in [0.2, 0.25) is 109 Å². The van der Waals surface area contributed by atoms with Crippen LogP contribution in [0, 0.1) is 17.0 Å². The Kier molecular flexibility index (Phi) is 50.6. The van der Waals surface area contributed by atoms with Crippen LogP contribution in [0.15, 0.2) is 0 Å². The molecular weight excluding hydrogens is 905 g/mol. The fraction of sp³-hybridized carbons (Fsp3) is 0.947. The molecule has 0 unspecified atom stereocenters. The molecule has 0 bridgehead atoms. The Labute approximate surface area is 428 Å². The molecule has 0 spiro atoms. The average molecular weight is 1040 g/mol. The van der Waals surface area contributed by atoms with Crippen molar-refractivity contribution in [1.82, 2.24) is 0 Å². The van der Waals surface area contributed by atoms with Crippen molar-refractivity contribution in [1.29, 1.82) is 0 Å². The summed E-state index contributed by atoms with van der Waals surface area (Å²) in [6.07, 6.45) is 25.5. The van der Waals surface area contributed by atoms with Crippen LogP contribution in [0.5, 0.6) is 0 Å². The second kappa shape index (κ2) is 44.8. The molecule has 0 aliphatic heterocycles. The van der Waals surface area contributed by atoms with Crippen molar-refractivity contribution in [3.63, 3.8) is 0 Å². The van der Waals surface area contributed by atoms with Crippen LogP contribution in [0.25, 0.3) is 0 Å². The van der Waals surface area contributed by atoms with E-state index in [-0.39, 0.29) is 17.4 Å². The summed E-state index contributed by atoms with van der Waals surface area (Å²) in [5.74, 6) is 0. The molecule has 0 aliphatic carbocycles. The molecule has 387 valence electrons. The van der Waals surface area contributed by atoms with Gasteiger partial charge in [0, 0.05) is 0 Å². The minimum Gasteiger partial charge on any atom is -0.325 e. The zero-order valence-corrected chi connectivity index (χ0v) is 55.9. The first-order chi connectivity index (χ1) is 30.2. The van der Waals surface area contributed by atoms with Gasteiger partial charge in [-0.1, -0.05) is 397 Å². The largest absolute Gasteiger partial charge is 3.00 e. The summed E-state index contributed by atoms with van der Waals surface area (Å²) in [5.41, 5.74) is 9.52. The molecule has 0 atom stereocenters. The molecule has 0 aromatic carbocycles. The first-order valence-corrected chi connectivity index (χ1v) is 46.0. The molecule has 0 nitrogen and oxygen atoms in total. The third kappa shape index (κ3) is 29.9. The van der Waals surface area contributed by atoms with Gasteiger partial charge in [-0.25, -0.2) is 0 Å². The zero-order valence-electron chi connectivity index (χ0n) is 48.6. The van der Waals surface area contributed by atoms with E-state index in [2.05, 4.69) is 142 Å². The Morgan fingerprint density at radius 3 is 0.266 bits per heavy atom. The van der Waals surface area contributed by atoms with Gasteiger partial charge in [-0.2, -0.15) is 0 Å². The number of rotatable bonds is 42. The molecule has 0 rings (SSSR count). The molecule has 0 aliphatic rings. The SMILES string of the molecule is CCC[Si]([CH-][Si](CCC)(CCC)CCC)(CCC)CCC.CCC[Si]([CH-][Si](CCC)(CCC)CCC)(CCC)CCC.CCC[Si]([CH-][Si](CCC)(CCC)CCC)(CCC)CCC.[Cr+3]. The maximum atomic E-state index is 3.17. The Morgan fingerprint density at radius 2 is 0.219 bits per heavy atom. The Morgan fingerprint density at radius 1 is 0.156 bits per heavy atom. The molecule has 7 heteroatoms. The third-order valence-electron chi connectivity index (χ3n) is 15.3. The maximum absolute atomic E-state index is 3.17. The van der Waals surface area contributed by atoms with E-state index < -0.39 is 48.4 Å². The summed E-state index contributed by atoms with van der Waals surface area (Å²) in [4.78, 5) is 0. The van der Waals surface area contributed by atoms with Gasteiger partial charge in [0.05, 0.1) is 0 Å². The molecule has 0 saturated carbocycles. The van der Waals surface area contributed by atoms with E-state index >= 15 is 0 Å². The predicted octanol–water partition coefficient (Wildman–Crippen LogP) is 22.9. The molecule has 0 amide bonds. The average Bonchev–Trinajstić information content (AvgIpc) is 3.20. The molecule has 0 heterocycles. The van der Waals surface area contributed by atoms with Crippen LogP contribution >= 0.6 is 0 Å². The normalized spacial score (nSPS) is 12.7. The van der Waals surface area contributed by atoms with Crippen LogP contribution in [0.4, 0.5) is 0 Å². The monoisotopic (exact) mass is 1030 g/mol. The van der Waals surface area contributed by atoms with E-state index in [0.717, 1.165) is 0 Å². The fourth-order valence-corrected chi connectivity index (χ4v) is 62.9. The van der Waals surface area contributed by atoms with Crippen LogP contribution in [-0.2, 0) is 17.4 Å². The topological polar surface area (TPSA) is 0 Å². The van der Waals surface area contributed by atoms with Crippen molar-refractivity contribution in [3.8, 4) is 0 Å². The molecule has 0 aromatic rings. The van der Waals surface area contributed by atoms with Gasteiger partial charge in [-0.3, -0.25) is 0 Å². The van der Waals surface area contributed by atoms with Crippen LogP contribution in [0.3, 0.4) is 0 Å². The third-order valence-corrected chi connectivity index (χ3v) is 56.9. The van der Waals surface area contributed by atoms with Gasteiger partial charge >= 0.3 is 17.4 Å². The molecule has 64 heavy (non-hydrogen) atoms. The van der Waals surface area contributed by atoms with Gasteiger partial charge in [0.15, 0.2) is 0 Å². The second-order valence-electron chi connectivity index (χ2n) is 22.1. The van der Waals surface area contributed by atoms with Gasteiger partial charge in [0.25, 0.3) is 0 Å². The second-order valence-corrected chi connectivity index (χ2v) is 50.9. The van der Waals surface area contributed by atoms with Crippen LogP contribution in [-0.4, -0.2) is 48.4 Å². The summed E-state index contributed by atoms with van der Waals surface area (Å²) in [7, 11) is -6.64. The zero-order chi connectivity index (χ0) is 48.6. The van der Waals surface area contributed by atoms with Crippen molar-refractivity contribution in [3.05, 3.63) is 17.0 Å². The van der Waals surface area contributed by atoms with E-state index in [1.807, 2.05) is 0 Å². The summed E-state index contributed by atoms with van der Waals surface area (Å²) in [5, 5.41) is 0. The molecular formula is C57H129CrSi6. The van der Waals surface area contributed by atoms with Crippen molar-refractivity contribution < 1.29 is 17.4 Å². The smallest absolute Gasteiger partial charge is 0.325 e. The number of hydrogen-bond donors (Lipinski definition) is 0. The quantitative estimate of drug-likeness (QED) is 0.0422. The minimum atomic E-state index is -1.11. The summed E-state index contributed by atoms with van der Waals surface area (Å²) in [6, 6.07) is 28.3. The Hall–Kier alpha value is 1.83. The van der Waals surface area contributed by atoms with Crippen LogP contribution < -0.4 is 0 Å². The van der Waals surface area contributed by atoms with E-state index in [1.54, 1.807) is 109 Å². The van der Waals surface area contributed by atoms with E-state index in [4.69, 9.17) is 0 Å². The Bertz CT molecular complexity index is 665. The van der Waals surface area contributed by atoms with Gasteiger partial charge in [-0.15, -0.1) is 0 Å². The first-order valence-electron chi connectivity index (χ1n) is 29.8. The van der Waals surface area contributed by atoms with Crippen LogP contribution in [0.1, 0.15) is 240 Å². The van der Waals surface area contributed by atoms with Crippen molar-refractivity contribution >= 4 is 48.4 Å². The molecule has 0 saturated heterocycles. The summed E-state index contributed by atoms with van der Waals surface area (Å²) in [6.45, 7) is 43.6. The fourth-order valence-electron chi connectivity index (χ4n) is 14.5. The van der Waals surface area contributed by atoms with Crippen molar-refractivity contribution in [2.45, 2.75) is 349 Å². The summed E-state index contributed by atoms with van der Waals surface area (Å²) < 4.78 is 0. The van der Waals surface area contributed by atoms with Crippen molar-refractivity contribution in [2.24, 2.45) is 0 Å². The molecule has 1 radical (unpaired) electrons. The van der Waals surface area contributed by atoms with Gasteiger partial charge < -0.3 is 17.0 Å². The van der Waals surface area contributed by atoms with Gasteiger partial charge in [-0.05, 0) is 0 Å². The molecule has 0 N–H and O–H groups in total. The van der Waals surface area contributed by atoms with Gasteiger partial charge in [0.2, 0.25) is 0 Å².